The van der Waals surface area contributed by atoms with Gasteiger partial charge < -0.3 is 9.47 Å². The second-order valence-electron chi connectivity index (χ2n) is 9.65. The van der Waals surface area contributed by atoms with Gasteiger partial charge in [-0.25, -0.2) is 0 Å². The van der Waals surface area contributed by atoms with Gasteiger partial charge in [0, 0.05) is 0 Å². The van der Waals surface area contributed by atoms with E-state index in [1.165, 1.54) is 33.4 Å². The van der Waals surface area contributed by atoms with Gasteiger partial charge in [0.15, 0.2) is 0 Å². The summed E-state index contributed by atoms with van der Waals surface area (Å²) in [6, 6.07) is 31.0. The van der Waals surface area contributed by atoms with Crippen LogP contribution in [0.5, 0.6) is 11.5 Å². The lowest BCUT2D eigenvalue weighted by molar-refractivity contribution is 0.316. The highest BCUT2D eigenvalue weighted by molar-refractivity contribution is 7.80. The molecule has 0 amide bonds. The fraction of sp³-hybridized carbons (Fsp3) is 0.273. The molecule has 4 aromatic carbocycles. The van der Waals surface area contributed by atoms with Crippen molar-refractivity contribution in [1.29, 1.82) is 0 Å². The molecular weight excluding hydrogens is 492 g/mol. The van der Waals surface area contributed by atoms with Gasteiger partial charge in [0.2, 0.25) is 0 Å². The number of aryl methyl sites for hydroxylation is 2. The van der Waals surface area contributed by atoms with E-state index in [1.54, 1.807) is 0 Å². The molecule has 1 aliphatic carbocycles. The van der Waals surface area contributed by atoms with Gasteiger partial charge in [-0.2, -0.15) is 25.3 Å². The lowest BCUT2D eigenvalue weighted by Crippen LogP contribution is -2.29. The molecule has 0 bridgehead atoms. The summed E-state index contributed by atoms with van der Waals surface area (Å²) in [5, 5.41) is 0. The van der Waals surface area contributed by atoms with E-state index in [0.717, 1.165) is 47.0 Å². The third-order valence-corrected chi connectivity index (χ3v) is 7.92. The van der Waals surface area contributed by atoms with Gasteiger partial charge in [-0.3, -0.25) is 0 Å². The molecule has 0 atom stereocenters. The predicted octanol–water partition coefficient (Wildman–Crippen LogP) is 8.06. The molecule has 4 heteroatoms. The topological polar surface area (TPSA) is 18.5 Å². The van der Waals surface area contributed by atoms with E-state index < -0.39 is 5.41 Å². The van der Waals surface area contributed by atoms with Crippen LogP contribution in [0, 0.1) is 13.8 Å². The summed E-state index contributed by atoms with van der Waals surface area (Å²) in [5.41, 5.74) is 9.52. The average molecular weight is 527 g/mol. The summed E-state index contributed by atoms with van der Waals surface area (Å²) in [7, 11) is 0. The minimum absolute atomic E-state index is 0.435. The normalized spacial score (nSPS) is 13.2. The van der Waals surface area contributed by atoms with Gasteiger partial charge in [0.1, 0.15) is 11.5 Å². The molecule has 4 aromatic rings. The fourth-order valence-electron chi connectivity index (χ4n) is 5.61. The van der Waals surface area contributed by atoms with E-state index in [2.05, 4.69) is 124 Å². The first-order chi connectivity index (χ1) is 18.1. The number of benzene rings is 4. The molecule has 0 aliphatic heterocycles. The minimum atomic E-state index is -0.435. The Morgan fingerprint density at radius 1 is 0.595 bits per heavy atom. The van der Waals surface area contributed by atoms with Gasteiger partial charge >= 0.3 is 0 Å². The second-order valence-corrected chi connectivity index (χ2v) is 10.5. The number of fused-ring (bicyclic) bond motifs is 3. The summed E-state index contributed by atoms with van der Waals surface area (Å²) in [6.45, 7) is 5.63. The van der Waals surface area contributed by atoms with Crippen LogP contribution in [0.3, 0.4) is 0 Å². The van der Waals surface area contributed by atoms with Gasteiger partial charge in [-0.05, 0) is 94.8 Å². The Labute approximate surface area is 231 Å². The number of hydrogen-bond donors (Lipinski definition) is 2. The van der Waals surface area contributed by atoms with E-state index in [1.807, 2.05) is 0 Å². The molecule has 0 N–H and O–H groups in total. The molecular formula is C33H34O2S2. The first-order valence-electron chi connectivity index (χ1n) is 13.0. The molecule has 0 heterocycles. The van der Waals surface area contributed by atoms with Crippen LogP contribution in [-0.2, 0) is 5.41 Å². The van der Waals surface area contributed by atoms with E-state index in [9.17, 15) is 0 Å². The Morgan fingerprint density at radius 3 is 1.43 bits per heavy atom. The molecule has 0 spiro atoms. The van der Waals surface area contributed by atoms with Crippen LogP contribution < -0.4 is 9.47 Å². The number of hydrogen-bond acceptors (Lipinski definition) is 4. The monoisotopic (exact) mass is 526 g/mol. The Morgan fingerprint density at radius 2 is 1.03 bits per heavy atom. The summed E-state index contributed by atoms with van der Waals surface area (Å²) in [6.07, 6.45) is 1.85. The Hall–Kier alpha value is -2.82. The van der Waals surface area contributed by atoms with Crippen molar-refractivity contribution >= 4 is 25.3 Å². The molecule has 0 fully saturated rings. The summed E-state index contributed by atoms with van der Waals surface area (Å²) >= 11 is 8.64. The highest BCUT2D eigenvalue weighted by atomic mass is 32.1. The van der Waals surface area contributed by atoms with Crippen LogP contribution in [0.1, 0.15) is 46.2 Å². The molecule has 190 valence electrons. The molecule has 0 radical (unpaired) electrons. The lowest BCUT2D eigenvalue weighted by atomic mass is 9.67. The summed E-state index contributed by atoms with van der Waals surface area (Å²) < 4.78 is 12.2. The Bertz CT molecular complexity index is 1290. The van der Waals surface area contributed by atoms with E-state index in [0.29, 0.717) is 13.2 Å². The van der Waals surface area contributed by atoms with E-state index in [-0.39, 0.29) is 0 Å². The second kappa shape index (κ2) is 11.3. The largest absolute Gasteiger partial charge is 0.493 e. The summed E-state index contributed by atoms with van der Waals surface area (Å²) in [4.78, 5) is 0. The van der Waals surface area contributed by atoms with Crippen molar-refractivity contribution in [3.8, 4) is 22.6 Å². The number of rotatable bonds is 10. The van der Waals surface area contributed by atoms with Crippen molar-refractivity contribution in [3.63, 3.8) is 0 Å². The molecule has 37 heavy (non-hydrogen) atoms. The standard InChI is InChI=1S/C33H34O2S2/c1-23-21-25(13-15-31(23)34-17-7-19-36)33(26-14-16-32(24(2)22-26)35-18-8-20-37)29-11-5-3-9-27(29)28-10-4-6-12-30(28)33/h3-6,9-16,21-22,36-37H,7-8,17-20H2,1-2H3. The van der Waals surface area contributed by atoms with Crippen molar-refractivity contribution in [2.24, 2.45) is 0 Å². The molecule has 2 nitrogen and oxygen atoms in total. The molecule has 1 aliphatic rings. The maximum atomic E-state index is 6.08. The SMILES string of the molecule is Cc1cc(C2(c3ccc(OCCCS)c(C)c3)c3ccccc3-c3ccccc32)ccc1OCCCS. The number of thiol groups is 2. The maximum absolute atomic E-state index is 6.08. The van der Waals surface area contributed by atoms with Crippen molar-refractivity contribution in [2.75, 3.05) is 24.7 Å². The number of ether oxygens (including phenoxy) is 2. The zero-order valence-corrected chi connectivity index (χ0v) is 23.3. The highest BCUT2D eigenvalue weighted by Crippen LogP contribution is 2.56. The Balaban J connectivity index is 1.71. The van der Waals surface area contributed by atoms with Gasteiger partial charge in [-0.15, -0.1) is 0 Å². The lowest BCUT2D eigenvalue weighted by Gasteiger charge is -2.34. The van der Waals surface area contributed by atoms with E-state index >= 15 is 0 Å². The average Bonchev–Trinajstić information content (AvgIpc) is 3.22. The predicted molar refractivity (Wildman–Crippen MR) is 161 cm³/mol. The Kier molecular flexibility index (Phi) is 7.87. The molecule has 5 rings (SSSR count). The van der Waals surface area contributed by atoms with Crippen LogP contribution in [-0.4, -0.2) is 24.7 Å². The van der Waals surface area contributed by atoms with Crippen LogP contribution in [0.25, 0.3) is 11.1 Å². The van der Waals surface area contributed by atoms with Crippen molar-refractivity contribution in [3.05, 3.63) is 118 Å². The molecule has 0 saturated heterocycles. The van der Waals surface area contributed by atoms with Gasteiger partial charge in [-0.1, -0.05) is 72.8 Å². The minimum Gasteiger partial charge on any atom is -0.493 e. The van der Waals surface area contributed by atoms with Crippen LogP contribution in [0.4, 0.5) is 0 Å². The smallest absolute Gasteiger partial charge is 0.122 e. The zero-order chi connectivity index (χ0) is 25.8. The molecule has 0 saturated carbocycles. The highest BCUT2D eigenvalue weighted by Gasteiger charge is 2.46. The van der Waals surface area contributed by atoms with Crippen molar-refractivity contribution in [1.82, 2.24) is 0 Å². The maximum Gasteiger partial charge on any atom is 0.122 e. The first kappa shape index (κ1) is 25.8. The van der Waals surface area contributed by atoms with Crippen LogP contribution in [0.15, 0.2) is 84.9 Å². The third-order valence-electron chi connectivity index (χ3n) is 7.29. The first-order valence-corrected chi connectivity index (χ1v) is 14.3. The van der Waals surface area contributed by atoms with Crippen LogP contribution in [0.2, 0.25) is 0 Å². The summed E-state index contributed by atoms with van der Waals surface area (Å²) in [5.74, 6) is 3.51. The molecule has 0 aromatic heterocycles. The van der Waals surface area contributed by atoms with Crippen LogP contribution >= 0.6 is 25.3 Å². The van der Waals surface area contributed by atoms with Crippen molar-refractivity contribution < 1.29 is 9.47 Å². The van der Waals surface area contributed by atoms with E-state index in [4.69, 9.17) is 9.47 Å². The fourth-order valence-corrected chi connectivity index (χ4v) is 5.86. The van der Waals surface area contributed by atoms with Gasteiger partial charge in [0.25, 0.3) is 0 Å². The quantitative estimate of drug-likeness (QED) is 0.142. The molecule has 0 unspecified atom stereocenters. The zero-order valence-electron chi connectivity index (χ0n) is 21.5. The third kappa shape index (κ3) is 4.66. The van der Waals surface area contributed by atoms with Gasteiger partial charge in [0.05, 0.1) is 18.6 Å². The van der Waals surface area contributed by atoms with Crippen molar-refractivity contribution in [2.45, 2.75) is 32.1 Å².